The third-order valence-electron chi connectivity index (χ3n) is 3.29. The molecule has 0 atom stereocenters. The van der Waals surface area contributed by atoms with Crippen LogP contribution in [0.1, 0.15) is 12.6 Å². The SMILES string of the molecule is CC(=O)/C=C/c1nnc2ccc(Cl)cc2c1-c1ccccc1. The van der Waals surface area contributed by atoms with E-state index in [0.29, 0.717) is 10.7 Å². The molecule has 108 valence electrons. The third kappa shape index (κ3) is 2.90. The van der Waals surface area contributed by atoms with E-state index in [4.69, 9.17) is 11.6 Å². The van der Waals surface area contributed by atoms with Gasteiger partial charge in [0.05, 0.1) is 11.2 Å². The fourth-order valence-electron chi connectivity index (χ4n) is 2.31. The van der Waals surface area contributed by atoms with Gasteiger partial charge in [-0.3, -0.25) is 4.79 Å². The van der Waals surface area contributed by atoms with E-state index in [1.807, 2.05) is 42.5 Å². The minimum atomic E-state index is -0.0352. The molecule has 2 aromatic carbocycles. The second kappa shape index (κ2) is 6.08. The van der Waals surface area contributed by atoms with Gasteiger partial charge in [-0.2, -0.15) is 0 Å². The van der Waals surface area contributed by atoms with Crippen molar-refractivity contribution in [1.29, 1.82) is 0 Å². The summed E-state index contributed by atoms with van der Waals surface area (Å²) >= 11 is 6.14. The smallest absolute Gasteiger partial charge is 0.152 e. The van der Waals surface area contributed by atoms with Crippen LogP contribution >= 0.6 is 11.6 Å². The highest BCUT2D eigenvalue weighted by Gasteiger charge is 2.11. The molecule has 0 saturated heterocycles. The zero-order chi connectivity index (χ0) is 15.5. The average molecular weight is 309 g/mol. The predicted octanol–water partition coefficient (Wildman–Crippen LogP) is 4.55. The summed E-state index contributed by atoms with van der Waals surface area (Å²) < 4.78 is 0. The van der Waals surface area contributed by atoms with E-state index >= 15 is 0 Å². The molecule has 1 aromatic heterocycles. The Balaban J connectivity index is 2.33. The second-order valence-corrected chi connectivity index (χ2v) is 5.37. The van der Waals surface area contributed by atoms with Crippen LogP contribution in [0.4, 0.5) is 0 Å². The van der Waals surface area contributed by atoms with Crippen molar-refractivity contribution in [2.24, 2.45) is 0 Å². The molecule has 4 heteroatoms. The number of hydrogen-bond acceptors (Lipinski definition) is 3. The maximum atomic E-state index is 11.2. The van der Waals surface area contributed by atoms with Crippen molar-refractivity contribution < 1.29 is 4.79 Å². The molecule has 3 nitrogen and oxygen atoms in total. The largest absolute Gasteiger partial charge is 0.295 e. The lowest BCUT2D eigenvalue weighted by molar-refractivity contribution is -0.112. The van der Waals surface area contributed by atoms with Crippen LogP contribution in [-0.2, 0) is 4.79 Å². The number of halogens is 1. The summed E-state index contributed by atoms with van der Waals surface area (Å²) in [6, 6.07) is 15.4. The van der Waals surface area contributed by atoms with E-state index in [0.717, 1.165) is 22.0 Å². The first-order valence-corrected chi connectivity index (χ1v) is 7.23. The summed E-state index contributed by atoms with van der Waals surface area (Å²) in [6.45, 7) is 1.50. The molecule has 0 amide bonds. The van der Waals surface area contributed by atoms with Crippen molar-refractivity contribution in [2.45, 2.75) is 6.92 Å². The number of nitrogens with zero attached hydrogens (tertiary/aromatic N) is 2. The van der Waals surface area contributed by atoms with Crippen LogP contribution in [0.2, 0.25) is 5.02 Å². The summed E-state index contributed by atoms with van der Waals surface area (Å²) in [5.41, 5.74) is 3.35. The van der Waals surface area contributed by atoms with Crippen molar-refractivity contribution in [3.8, 4) is 11.1 Å². The molecule has 0 unspecified atom stereocenters. The van der Waals surface area contributed by atoms with E-state index < -0.39 is 0 Å². The fourth-order valence-corrected chi connectivity index (χ4v) is 2.48. The first-order chi connectivity index (χ1) is 10.6. The van der Waals surface area contributed by atoms with Gasteiger partial charge in [0.25, 0.3) is 0 Å². The Morgan fingerprint density at radius 1 is 1.09 bits per heavy atom. The number of aromatic nitrogens is 2. The third-order valence-corrected chi connectivity index (χ3v) is 3.52. The van der Waals surface area contributed by atoms with Crippen molar-refractivity contribution in [2.75, 3.05) is 0 Å². The van der Waals surface area contributed by atoms with Crippen LogP contribution in [0.15, 0.2) is 54.6 Å². The summed E-state index contributed by atoms with van der Waals surface area (Å²) in [5, 5.41) is 10.0. The summed E-state index contributed by atoms with van der Waals surface area (Å²) in [7, 11) is 0. The van der Waals surface area contributed by atoms with E-state index in [-0.39, 0.29) is 5.78 Å². The van der Waals surface area contributed by atoms with Crippen molar-refractivity contribution in [3.63, 3.8) is 0 Å². The fraction of sp³-hybridized carbons (Fsp3) is 0.0556. The summed E-state index contributed by atoms with van der Waals surface area (Å²) in [6.07, 6.45) is 3.19. The molecule has 3 aromatic rings. The summed E-state index contributed by atoms with van der Waals surface area (Å²) in [4.78, 5) is 11.2. The van der Waals surface area contributed by atoms with E-state index in [9.17, 15) is 4.79 Å². The molecule has 0 N–H and O–H groups in total. The summed E-state index contributed by atoms with van der Waals surface area (Å²) in [5.74, 6) is -0.0352. The quantitative estimate of drug-likeness (QED) is 0.666. The average Bonchev–Trinajstić information content (AvgIpc) is 2.53. The first-order valence-electron chi connectivity index (χ1n) is 6.85. The van der Waals surface area contributed by atoms with Crippen LogP contribution in [0.5, 0.6) is 0 Å². The normalized spacial score (nSPS) is 11.2. The topological polar surface area (TPSA) is 42.9 Å². The van der Waals surface area contributed by atoms with Crippen LogP contribution in [-0.4, -0.2) is 16.0 Å². The van der Waals surface area contributed by atoms with Gasteiger partial charge in [-0.1, -0.05) is 41.9 Å². The molecule has 3 rings (SSSR count). The van der Waals surface area contributed by atoms with Gasteiger partial charge >= 0.3 is 0 Å². The standard InChI is InChI=1S/C18H13ClN2O/c1-12(22)7-9-17-18(13-5-3-2-4-6-13)15-11-14(19)8-10-16(15)20-21-17/h2-11H,1H3/b9-7+. The zero-order valence-corrected chi connectivity index (χ0v) is 12.7. The molecule has 0 aliphatic rings. The number of allylic oxidation sites excluding steroid dienone is 1. The van der Waals surface area contributed by atoms with Gasteiger partial charge in [-0.15, -0.1) is 10.2 Å². The molecule has 1 heterocycles. The minimum Gasteiger partial charge on any atom is -0.295 e. The lowest BCUT2D eigenvalue weighted by atomic mass is 9.99. The molecule has 0 aliphatic heterocycles. The lowest BCUT2D eigenvalue weighted by Gasteiger charge is -2.09. The van der Waals surface area contributed by atoms with E-state index in [2.05, 4.69) is 10.2 Å². The molecule has 0 saturated carbocycles. The number of rotatable bonds is 3. The van der Waals surface area contributed by atoms with Crippen LogP contribution in [0.25, 0.3) is 28.1 Å². The molecule has 0 bridgehead atoms. The van der Waals surface area contributed by atoms with E-state index in [1.165, 1.54) is 13.0 Å². The Hall–Kier alpha value is -2.52. The highest BCUT2D eigenvalue weighted by molar-refractivity contribution is 6.31. The highest BCUT2D eigenvalue weighted by Crippen LogP contribution is 2.32. The second-order valence-electron chi connectivity index (χ2n) is 4.93. The van der Waals surface area contributed by atoms with Gasteiger partial charge in [0.1, 0.15) is 0 Å². The number of benzene rings is 2. The van der Waals surface area contributed by atoms with Crippen LogP contribution < -0.4 is 0 Å². The molecular formula is C18H13ClN2O. The molecule has 0 spiro atoms. The zero-order valence-electron chi connectivity index (χ0n) is 12.0. The lowest BCUT2D eigenvalue weighted by Crippen LogP contribution is -1.95. The van der Waals surface area contributed by atoms with Crippen molar-refractivity contribution >= 4 is 34.4 Å². The van der Waals surface area contributed by atoms with Crippen LogP contribution in [0, 0.1) is 0 Å². The maximum Gasteiger partial charge on any atom is 0.152 e. The molecule has 0 aliphatic carbocycles. The molecular weight excluding hydrogens is 296 g/mol. The monoisotopic (exact) mass is 308 g/mol. The first kappa shape index (κ1) is 14.4. The van der Waals surface area contributed by atoms with Crippen molar-refractivity contribution in [1.82, 2.24) is 10.2 Å². The Morgan fingerprint density at radius 2 is 1.86 bits per heavy atom. The molecule has 0 fully saturated rings. The Morgan fingerprint density at radius 3 is 2.59 bits per heavy atom. The Bertz CT molecular complexity index is 873. The predicted molar refractivity (Wildman–Crippen MR) is 89.7 cm³/mol. The Labute approximate surface area is 133 Å². The number of hydrogen-bond donors (Lipinski definition) is 0. The number of carbonyl (C=O) groups excluding carboxylic acids is 1. The van der Waals surface area contributed by atoms with Gasteiger partial charge in [0.15, 0.2) is 5.78 Å². The van der Waals surface area contributed by atoms with Gasteiger partial charge in [-0.25, -0.2) is 0 Å². The number of carbonyl (C=O) groups is 1. The van der Waals surface area contributed by atoms with E-state index in [1.54, 1.807) is 12.1 Å². The van der Waals surface area contributed by atoms with Gasteiger partial charge in [-0.05, 0) is 42.8 Å². The highest BCUT2D eigenvalue weighted by atomic mass is 35.5. The number of ketones is 1. The molecule has 22 heavy (non-hydrogen) atoms. The van der Waals surface area contributed by atoms with Gasteiger partial charge in [0.2, 0.25) is 0 Å². The molecule has 0 radical (unpaired) electrons. The Kier molecular flexibility index (Phi) is 3.98. The number of fused-ring (bicyclic) bond motifs is 1. The van der Waals surface area contributed by atoms with Gasteiger partial charge < -0.3 is 0 Å². The van der Waals surface area contributed by atoms with Gasteiger partial charge in [0, 0.05) is 16.0 Å². The minimum absolute atomic E-state index is 0.0352. The van der Waals surface area contributed by atoms with Crippen molar-refractivity contribution in [3.05, 3.63) is 65.3 Å². The maximum absolute atomic E-state index is 11.2. The van der Waals surface area contributed by atoms with Crippen LogP contribution in [0.3, 0.4) is 0 Å².